The fourth-order valence-corrected chi connectivity index (χ4v) is 3.76. The molecule has 27 heavy (non-hydrogen) atoms. The summed E-state index contributed by atoms with van der Waals surface area (Å²) in [6.07, 6.45) is 0. The van der Waals surface area contributed by atoms with Gasteiger partial charge in [0.1, 0.15) is 5.75 Å². The van der Waals surface area contributed by atoms with E-state index in [2.05, 4.69) is 10.3 Å². The molecule has 2 aromatic rings. The van der Waals surface area contributed by atoms with Crippen LogP contribution >= 0.6 is 11.3 Å². The van der Waals surface area contributed by atoms with Crippen LogP contribution in [0.25, 0.3) is 0 Å². The Labute approximate surface area is 163 Å². The van der Waals surface area contributed by atoms with E-state index in [4.69, 9.17) is 4.74 Å². The average molecular weight is 388 g/mol. The van der Waals surface area contributed by atoms with Crippen molar-refractivity contribution < 1.29 is 14.3 Å². The van der Waals surface area contributed by atoms with Crippen LogP contribution in [0.2, 0.25) is 0 Å². The van der Waals surface area contributed by atoms with Gasteiger partial charge in [0.2, 0.25) is 5.91 Å². The lowest BCUT2D eigenvalue weighted by atomic mass is 10.1. The van der Waals surface area contributed by atoms with E-state index in [0.29, 0.717) is 50.6 Å². The van der Waals surface area contributed by atoms with Crippen LogP contribution in [0.3, 0.4) is 0 Å². The number of nitrogens with zero attached hydrogens (tertiary/aromatic N) is 3. The number of carbonyl (C=O) groups excluding carboxylic acids is 2. The number of amides is 2. The van der Waals surface area contributed by atoms with Crippen LogP contribution in [0.15, 0.2) is 41.1 Å². The van der Waals surface area contributed by atoms with Gasteiger partial charge in [0.25, 0.3) is 5.91 Å². The molecule has 0 bridgehead atoms. The summed E-state index contributed by atoms with van der Waals surface area (Å²) in [4.78, 5) is 30.8. The summed E-state index contributed by atoms with van der Waals surface area (Å²) in [6, 6.07) is 9.26. The Kier molecular flexibility index (Phi) is 6.47. The maximum atomic E-state index is 12.7. The smallest absolute Gasteiger partial charge is 0.254 e. The van der Waals surface area contributed by atoms with Crippen molar-refractivity contribution in [1.82, 2.24) is 14.7 Å². The number of rotatable bonds is 6. The predicted molar refractivity (Wildman–Crippen MR) is 106 cm³/mol. The van der Waals surface area contributed by atoms with Gasteiger partial charge in [-0.25, -0.2) is 0 Å². The molecule has 2 amide bonds. The molecule has 7 heteroatoms. The second-order valence-electron chi connectivity index (χ2n) is 6.68. The van der Waals surface area contributed by atoms with Gasteiger partial charge in [-0.05, 0) is 40.6 Å². The summed E-state index contributed by atoms with van der Waals surface area (Å²) < 4.78 is 5.19. The van der Waals surface area contributed by atoms with E-state index >= 15 is 0 Å². The zero-order valence-corrected chi connectivity index (χ0v) is 16.6. The zero-order valence-electron chi connectivity index (χ0n) is 15.8. The van der Waals surface area contributed by atoms with Gasteiger partial charge >= 0.3 is 0 Å². The number of methoxy groups -OCH3 is 1. The molecule has 0 atom stereocenters. The minimum atomic E-state index is 0.00875. The van der Waals surface area contributed by atoms with E-state index in [1.165, 1.54) is 0 Å². The molecule has 6 nitrogen and oxygen atoms in total. The number of thiophene rings is 1. The van der Waals surface area contributed by atoms with Gasteiger partial charge in [-0.2, -0.15) is 11.3 Å². The van der Waals surface area contributed by atoms with Crippen LogP contribution < -0.4 is 4.74 Å². The van der Waals surface area contributed by atoms with Crippen LogP contribution in [0.4, 0.5) is 0 Å². The third-order valence-corrected chi connectivity index (χ3v) is 5.49. The lowest BCUT2D eigenvalue weighted by molar-refractivity contribution is -0.132. The average Bonchev–Trinajstić information content (AvgIpc) is 3.21. The molecular formula is C20H25N3O3S. The first-order valence-electron chi connectivity index (χ1n) is 8.97. The van der Waals surface area contributed by atoms with Crippen LogP contribution in [-0.4, -0.2) is 73.4 Å². The third-order valence-electron chi connectivity index (χ3n) is 4.76. The predicted octanol–water partition coefficient (Wildman–Crippen LogP) is 2.17. The van der Waals surface area contributed by atoms with Gasteiger partial charge in [-0.3, -0.25) is 14.5 Å². The molecule has 144 valence electrons. The lowest BCUT2D eigenvalue weighted by Gasteiger charge is -2.35. The maximum absolute atomic E-state index is 12.7. The van der Waals surface area contributed by atoms with E-state index in [1.807, 2.05) is 35.5 Å². The highest BCUT2D eigenvalue weighted by Crippen LogP contribution is 2.16. The SMILES string of the molecule is COc1cccc(C(=O)N2CCN(CC(=O)N(C)Cc3ccsc3)CC2)c1. The minimum absolute atomic E-state index is 0.00875. The fourth-order valence-electron chi connectivity index (χ4n) is 3.10. The van der Waals surface area contributed by atoms with Crippen LogP contribution in [0.1, 0.15) is 15.9 Å². The standard InChI is InChI=1S/C20H25N3O3S/c1-21(13-16-6-11-27-15-16)19(24)14-22-7-9-23(10-8-22)20(25)17-4-3-5-18(12-17)26-2/h3-6,11-12,15H,7-10,13-14H2,1-2H3. The first-order valence-corrected chi connectivity index (χ1v) is 9.92. The highest BCUT2D eigenvalue weighted by molar-refractivity contribution is 7.07. The molecule has 0 radical (unpaired) electrons. The summed E-state index contributed by atoms with van der Waals surface area (Å²) >= 11 is 1.64. The van der Waals surface area contributed by atoms with Gasteiger partial charge in [0.15, 0.2) is 0 Å². The van der Waals surface area contributed by atoms with Gasteiger partial charge in [-0.1, -0.05) is 6.07 Å². The Bertz CT molecular complexity index is 771. The monoisotopic (exact) mass is 387 g/mol. The van der Waals surface area contributed by atoms with Crippen molar-refractivity contribution in [3.63, 3.8) is 0 Å². The third kappa shape index (κ3) is 5.08. The summed E-state index contributed by atoms with van der Waals surface area (Å²) in [5.41, 5.74) is 1.79. The summed E-state index contributed by atoms with van der Waals surface area (Å²) in [5.74, 6) is 0.793. The van der Waals surface area contributed by atoms with Crippen molar-refractivity contribution in [2.24, 2.45) is 0 Å². The Morgan fingerprint density at radius 3 is 2.63 bits per heavy atom. The second-order valence-corrected chi connectivity index (χ2v) is 7.46. The van der Waals surface area contributed by atoms with Gasteiger partial charge in [-0.15, -0.1) is 0 Å². The van der Waals surface area contributed by atoms with Crippen molar-refractivity contribution in [3.8, 4) is 5.75 Å². The normalized spacial score (nSPS) is 14.8. The van der Waals surface area contributed by atoms with Gasteiger partial charge in [0.05, 0.1) is 13.7 Å². The lowest BCUT2D eigenvalue weighted by Crippen LogP contribution is -2.51. The molecule has 0 aliphatic carbocycles. The molecular weight excluding hydrogens is 362 g/mol. The number of ether oxygens (including phenoxy) is 1. The highest BCUT2D eigenvalue weighted by Gasteiger charge is 2.24. The molecule has 1 fully saturated rings. The Morgan fingerprint density at radius 1 is 1.19 bits per heavy atom. The zero-order chi connectivity index (χ0) is 19.2. The number of carbonyl (C=O) groups is 2. The maximum Gasteiger partial charge on any atom is 0.254 e. The van der Waals surface area contributed by atoms with Crippen LogP contribution in [0, 0.1) is 0 Å². The first-order chi connectivity index (χ1) is 13.1. The minimum Gasteiger partial charge on any atom is -0.497 e. The van der Waals surface area contributed by atoms with Crippen molar-refractivity contribution in [3.05, 3.63) is 52.2 Å². The number of hydrogen-bond acceptors (Lipinski definition) is 5. The van der Waals surface area contributed by atoms with Gasteiger partial charge in [0, 0.05) is 45.3 Å². The van der Waals surface area contributed by atoms with E-state index in [9.17, 15) is 9.59 Å². The molecule has 3 rings (SSSR count). The largest absolute Gasteiger partial charge is 0.497 e. The molecule has 0 unspecified atom stereocenters. The van der Waals surface area contributed by atoms with Crippen molar-refractivity contribution in [2.45, 2.75) is 6.54 Å². The fraction of sp³-hybridized carbons (Fsp3) is 0.400. The second kappa shape index (κ2) is 9.01. The molecule has 0 spiro atoms. The van der Waals surface area contributed by atoms with Crippen LogP contribution in [0.5, 0.6) is 5.75 Å². The van der Waals surface area contributed by atoms with E-state index in [-0.39, 0.29) is 11.8 Å². The first kappa shape index (κ1) is 19.4. The van der Waals surface area contributed by atoms with E-state index in [0.717, 1.165) is 5.56 Å². The number of benzene rings is 1. The number of hydrogen-bond donors (Lipinski definition) is 0. The Morgan fingerprint density at radius 2 is 1.96 bits per heavy atom. The van der Waals surface area contributed by atoms with Crippen molar-refractivity contribution in [1.29, 1.82) is 0 Å². The number of piperazine rings is 1. The number of likely N-dealkylation sites (N-methyl/N-ethyl adjacent to an activating group) is 1. The summed E-state index contributed by atoms with van der Waals surface area (Å²) in [7, 11) is 3.43. The summed E-state index contributed by atoms with van der Waals surface area (Å²) in [6.45, 7) is 3.68. The molecule has 1 aromatic carbocycles. The topological polar surface area (TPSA) is 53.1 Å². The molecule has 1 aliphatic heterocycles. The Balaban J connectivity index is 1.48. The van der Waals surface area contributed by atoms with Gasteiger partial charge < -0.3 is 14.5 Å². The molecule has 1 aromatic heterocycles. The molecule has 1 aliphatic rings. The highest BCUT2D eigenvalue weighted by atomic mass is 32.1. The molecule has 2 heterocycles. The van der Waals surface area contributed by atoms with Crippen molar-refractivity contribution >= 4 is 23.2 Å². The quantitative estimate of drug-likeness (QED) is 0.762. The molecule has 0 N–H and O–H groups in total. The van der Waals surface area contributed by atoms with Crippen LogP contribution in [-0.2, 0) is 11.3 Å². The molecule has 0 saturated carbocycles. The van der Waals surface area contributed by atoms with E-state index in [1.54, 1.807) is 35.5 Å². The van der Waals surface area contributed by atoms with Crippen molar-refractivity contribution in [2.75, 3.05) is 46.9 Å². The molecule has 1 saturated heterocycles. The summed E-state index contributed by atoms with van der Waals surface area (Å²) in [5, 5.41) is 4.08. The Hall–Kier alpha value is -2.38. The van der Waals surface area contributed by atoms with E-state index < -0.39 is 0 Å².